The van der Waals surface area contributed by atoms with Crippen LogP contribution < -0.4 is 20.9 Å². The van der Waals surface area contributed by atoms with Gasteiger partial charge in [0.1, 0.15) is 6.67 Å². The molecule has 0 aliphatic carbocycles. The molecule has 8 heteroatoms. The Morgan fingerprint density at radius 2 is 2.28 bits per heavy atom. The van der Waals surface area contributed by atoms with E-state index in [0.717, 1.165) is 0 Å². The molecule has 0 radical (unpaired) electrons. The number of nitrogens with zero attached hydrogens (tertiary/aromatic N) is 1. The number of pyridine rings is 1. The minimum absolute atomic E-state index is 0.0425. The van der Waals surface area contributed by atoms with Gasteiger partial charge < -0.3 is 20.2 Å². The normalized spacial score (nSPS) is 13.1. The van der Waals surface area contributed by atoms with Crippen molar-refractivity contribution in [3.05, 3.63) is 28.2 Å². The Hall–Kier alpha value is -2.51. The molecule has 1 aliphatic heterocycles. The minimum atomic E-state index is -0.539. The van der Waals surface area contributed by atoms with Crippen molar-refractivity contribution in [2.24, 2.45) is 0 Å². The molecule has 0 spiro atoms. The van der Waals surface area contributed by atoms with E-state index in [1.54, 1.807) is 0 Å². The molecule has 2 N–H and O–H groups in total. The van der Waals surface area contributed by atoms with Gasteiger partial charge in [0.15, 0.2) is 5.69 Å². The van der Waals surface area contributed by atoms with Crippen LogP contribution in [-0.2, 0) is 9.53 Å². The predicted octanol–water partition coefficient (Wildman–Crippen LogP) is -1.01. The molecule has 0 saturated carbocycles. The monoisotopic (exact) mass is 253 g/mol. The minimum Gasteiger partial charge on any atom is -0.451 e. The summed E-state index contributed by atoms with van der Waals surface area (Å²) in [5, 5.41) is 2.51. The van der Waals surface area contributed by atoms with Gasteiger partial charge in [0.05, 0.1) is 0 Å². The van der Waals surface area contributed by atoms with Crippen LogP contribution in [0, 0.1) is 0 Å². The Bertz CT molecular complexity index is 551. The van der Waals surface area contributed by atoms with Gasteiger partial charge in [0.25, 0.3) is 5.91 Å². The van der Waals surface area contributed by atoms with Crippen LogP contribution in [0.15, 0.2) is 17.1 Å². The Morgan fingerprint density at radius 3 is 3.00 bits per heavy atom. The average molecular weight is 253 g/mol. The van der Waals surface area contributed by atoms with E-state index in [2.05, 4.69) is 15.5 Å². The largest absolute Gasteiger partial charge is 0.451 e. The summed E-state index contributed by atoms with van der Waals surface area (Å²) in [7, 11) is 0. The highest BCUT2D eigenvalue weighted by molar-refractivity contribution is 5.96. The third kappa shape index (κ3) is 2.26. The average Bonchev–Trinajstić information content (AvgIpc) is 2.32. The second-order valence-corrected chi connectivity index (χ2v) is 3.47. The molecule has 0 aromatic carbocycles. The summed E-state index contributed by atoms with van der Waals surface area (Å²) in [6.45, 7) is 1.04. The Kier molecular flexibility index (Phi) is 3.18. The number of hydrogen-bond donors (Lipinski definition) is 2. The van der Waals surface area contributed by atoms with E-state index in [1.165, 1.54) is 23.9 Å². The first-order valence-corrected chi connectivity index (χ1v) is 5.13. The van der Waals surface area contributed by atoms with E-state index >= 15 is 0 Å². The maximum absolute atomic E-state index is 11.7. The molecule has 1 aromatic heterocycles. The fourth-order valence-corrected chi connectivity index (χ4v) is 1.46. The number of fused-ring (bicyclic) bond motifs is 1. The molecule has 1 aromatic rings. The van der Waals surface area contributed by atoms with Crippen molar-refractivity contribution < 1.29 is 19.1 Å². The van der Waals surface area contributed by atoms with Crippen LogP contribution in [0.2, 0.25) is 0 Å². The predicted molar refractivity (Wildman–Crippen MR) is 59.7 cm³/mol. The highest BCUT2D eigenvalue weighted by Crippen LogP contribution is 2.13. The van der Waals surface area contributed by atoms with Gasteiger partial charge in [-0.2, -0.15) is 0 Å². The summed E-state index contributed by atoms with van der Waals surface area (Å²) in [5.41, 5.74) is 2.39. The van der Waals surface area contributed by atoms with Gasteiger partial charge in [-0.1, -0.05) is 0 Å². The van der Waals surface area contributed by atoms with Gasteiger partial charge in [0.2, 0.25) is 18.0 Å². The zero-order chi connectivity index (χ0) is 13.1. The number of carbonyl (C=O) groups is 2. The third-order valence-corrected chi connectivity index (χ3v) is 2.23. The smallest absolute Gasteiger partial charge is 0.305 e. The van der Waals surface area contributed by atoms with E-state index in [1.807, 2.05) is 0 Å². The van der Waals surface area contributed by atoms with Crippen LogP contribution in [0.4, 0.5) is 0 Å². The zero-order valence-corrected chi connectivity index (χ0v) is 9.56. The first kappa shape index (κ1) is 12.0. The van der Waals surface area contributed by atoms with E-state index in [4.69, 9.17) is 4.74 Å². The molecule has 8 nitrogen and oxygen atoms in total. The third-order valence-electron chi connectivity index (χ3n) is 2.23. The van der Waals surface area contributed by atoms with Crippen molar-refractivity contribution in [2.45, 2.75) is 6.92 Å². The van der Waals surface area contributed by atoms with Gasteiger partial charge in [-0.05, 0) is 0 Å². The number of hydrogen-bond acceptors (Lipinski definition) is 6. The van der Waals surface area contributed by atoms with Crippen LogP contribution in [0.5, 0.6) is 5.75 Å². The molecule has 2 heterocycles. The Morgan fingerprint density at radius 1 is 1.50 bits per heavy atom. The van der Waals surface area contributed by atoms with Crippen molar-refractivity contribution in [1.29, 1.82) is 0 Å². The second-order valence-electron chi connectivity index (χ2n) is 3.47. The summed E-state index contributed by atoms with van der Waals surface area (Å²) in [4.78, 5) is 33.9. The van der Waals surface area contributed by atoms with Crippen LogP contribution in [0.25, 0.3) is 0 Å². The van der Waals surface area contributed by atoms with Crippen molar-refractivity contribution in [3.63, 3.8) is 0 Å². The van der Waals surface area contributed by atoms with Gasteiger partial charge in [0, 0.05) is 19.2 Å². The van der Waals surface area contributed by atoms with Crippen LogP contribution in [-0.4, -0.2) is 30.0 Å². The number of rotatable bonds is 3. The number of nitrogens with one attached hydrogen (secondary N) is 2. The fourth-order valence-electron chi connectivity index (χ4n) is 1.46. The van der Waals surface area contributed by atoms with Crippen molar-refractivity contribution in [1.82, 2.24) is 9.99 Å². The summed E-state index contributed by atoms with van der Waals surface area (Å²) >= 11 is 0. The van der Waals surface area contributed by atoms with Crippen molar-refractivity contribution >= 4 is 11.9 Å². The number of ether oxygens (including phenoxy) is 2. The van der Waals surface area contributed by atoms with E-state index in [0.29, 0.717) is 0 Å². The number of amides is 1. The SMILES string of the molecule is CC(=O)OCOc1c2n(ccc1=O)NCNC2=O. The van der Waals surface area contributed by atoms with Crippen molar-refractivity contribution in [2.75, 3.05) is 18.9 Å². The number of esters is 1. The lowest BCUT2D eigenvalue weighted by Gasteiger charge is -2.22. The highest BCUT2D eigenvalue weighted by Gasteiger charge is 2.23. The number of carbonyl (C=O) groups excluding carboxylic acids is 2. The second kappa shape index (κ2) is 4.78. The maximum Gasteiger partial charge on any atom is 0.305 e. The van der Waals surface area contributed by atoms with Gasteiger partial charge in [-0.25, -0.2) is 0 Å². The van der Waals surface area contributed by atoms with Crippen molar-refractivity contribution in [3.8, 4) is 5.75 Å². The van der Waals surface area contributed by atoms with Gasteiger partial charge >= 0.3 is 5.97 Å². The molecular formula is C10H11N3O5. The molecule has 1 amide bonds. The summed E-state index contributed by atoms with van der Waals surface area (Å²) in [6.07, 6.45) is 1.43. The maximum atomic E-state index is 11.7. The molecule has 0 bridgehead atoms. The van der Waals surface area contributed by atoms with E-state index in [9.17, 15) is 14.4 Å². The molecule has 2 rings (SSSR count). The van der Waals surface area contributed by atoms with Crippen LogP contribution in [0.3, 0.4) is 0 Å². The van der Waals surface area contributed by atoms with Crippen LogP contribution in [0.1, 0.15) is 17.4 Å². The molecule has 96 valence electrons. The zero-order valence-electron chi connectivity index (χ0n) is 9.56. The lowest BCUT2D eigenvalue weighted by molar-refractivity contribution is -0.147. The lowest BCUT2D eigenvalue weighted by Crippen LogP contribution is -2.43. The van der Waals surface area contributed by atoms with Gasteiger partial charge in [-0.3, -0.25) is 19.1 Å². The quantitative estimate of drug-likeness (QED) is 0.529. The molecule has 1 aliphatic rings. The molecule has 0 atom stereocenters. The summed E-state index contributed by atoms with van der Waals surface area (Å²) < 4.78 is 11.0. The van der Waals surface area contributed by atoms with E-state index in [-0.39, 0.29) is 18.1 Å². The van der Waals surface area contributed by atoms with Crippen LogP contribution >= 0.6 is 0 Å². The Balaban J connectivity index is 2.30. The van der Waals surface area contributed by atoms with Gasteiger partial charge in [-0.15, -0.1) is 0 Å². The highest BCUT2D eigenvalue weighted by atomic mass is 16.7. The molecule has 0 saturated heterocycles. The summed E-state index contributed by atoms with van der Waals surface area (Å²) in [6, 6.07) is 1.25. The first-order chi connectivity index (χ1) is 8.59. The fraction of sp³-hybridized carbons (Fsp3) is 0.300. The first-order valence-electron chi connectivity index (χ1n) is 5.13. The molecule has 0 fully saturated rings. The Labute approximate surface area is 101 Å². The standard InChI is InChI=1S/C10H11N3O5/c1-6(14)17-5-18-9-7(15)2-3-13-8(9)10(16)11-4-12-13/h2-3,12H,4-5H2,1H3,(H,11,16). The molecular weight excluding hydrogens is 242 g/mol. The summed E-state index contributed by atoms with van der Waals surface area (Å²) in [5.74, 6) is -1.14. The van der Waals surface area contributed by atoms with E-state index < -0.39 is 24.1 Å². The molecule has 0 unspecified atom stereocenters. The lowest BCUT2D eigenvalue weighted by atomic mass is 10.3. The molecule has 18 heavy (non-hydrogen) atoms. The number of aromatic nitrogens is 1. The topological polar surface area (TPSA) is 98.7 Å².